The van der Waals surface area contributed by atoms with E-state index in [0.717, 1.165) is 16.0 Å². The third kappa shape index (κ3) is 5.06. The number of aryl methyl sites for hydroxylation is 1. The maximum absolute atomic E-state index is 11.7. The van der Waals surface area contributed by atoms with Crippen molar-refractivity contribution in [3.05, 3.63) is 28.1 Å². The van der Waals surface area contributed by atoms with Crippen LogP contribution in [0.25, 0.3) is 10.8 Å². The number of aromatic nitrogens is 2. The highest BCUT2D eigenvalue weighted by atomic mass is 32.1. The summed E-state index contributed by atoms with van der Waals surface area (Å²) >= 11 is 1.41. The van der Waals surface area contributed by atoms with Crippen molar-refractivity contribution in [2.75, 3.05) is 13.1 Å². The first-order valence-electron chi connectivity index (χ1n) is 7.25. The number of carbonyl (C=O) groups is 2. The quantitative estimate of drug-likeness (QED) is 0.733. The summed E-state index contributed by atoms with van der Waals surface area (Å²) in [6, 6.07) is 3.62. The Bertz CT molecular complexity index is 705. The van der Waals surface area contributed by atoms with Gasteiger partial charge in [-0.3, -0.25) is 9.59 Å². The fourth-order valence-corrected chi connectivity index (χ4v) is 2.39. The molecule has 8 nitrogen and oxygen atoms in total. The summed E-state index contributed by atoms with van der Waals surface area (Å²) in [5.74, 6) is -0.936. The Kier molecular flexibility index (Phi) is 6.10. The fourth-order valence-electron chi connectivity index (χ4n) is 1.75. The SMILES string of the molecule is CCCNC(=O)CNC(=O)CCn1nc(-c2cccs2)oc1=O. The van der Waals surface area contributed by atoms with E-state index in [-0.39, 0.29) is 37.2 Å². The van der Waals surface area contributed by atoms with E-state index in [2.05, 4.69) is 15.7 Å². The van der Waals surface area contributed by atoms with Crippen LogP contribution in [-0.4, -0.2) is 34.7 Å². The van der Waals surface area contributed by atoms with Crippen molar-refractivity contribution in [3.63, 3.8) is 0 Å². The van der Waals surface area contributed by atoms with E-state index >= 15 is 0 Å². The monoisotopic (exact) mass is 338 g/mol. The van der Waals surface area contributed by atoms with Gasteiger partial charge in [0.2, 0.25) is 11.8 Å². The predicted octanol–water partition coefficient (Wildman–Crippen LogP) is 0.597. The predicted molar refractivity (Wildman–Crippen MR) is 85.0 cm³/mol. The normalized spacial score (nSPS) is 10.5. The Morgan fingerprint density at radius 1 is 1.35 bits per heavy atom. The Morgan fingerprint density at radius 3 is 2.87 bits per heavy atom. The van der Waals surface area contributed by atoms with Gasteiger partial charge in [0.15, 0.2) is 0 Å². The van der Waals surface area contributed by atoms with E-state index in [1.165, 1.54) is 11.3 Å². The zero-order valence-corrected chi connectivity index (χ0v) is 13.5. The highest BCUT2D eigenvalue weighted by Gasteiger charge is 2.12. The molecule has 2 heterocycles. The smallest absolute Gasteiger partial charge is 0.387 e. The highest BCUT2D eigenvalue weighted by Crippen LogP contribution is 2.20. The van der Waals surface area contributed by atoms with Crippen LogP contribution in [0.1, 0.15) is 19.8 Å². The zero-order valence-electron chi connectivity index (χ0n) is 12.7. The van der Waals surface area contributed by atoms with Gasteiger partial charge in [-0.2, -0.15) is 4.68 Å². The van der Waals surface area contributed by atoms with Gasteiger partial charge in [0.25, 0.3) is 5.89 Å². The molecule has 2 aromatic heterocycles. The summed E-state index contributed by atoms with van der Waals surface area (Å²) in [4.78, 5) is 35.5. The van der Waals surface area contributed by atoms with Gasteiger partial charge >= 0.3 is 5.76 Å². The Hall–Kier alpha value is -2.42. The second kappa shape index (κ2) is 8.28. The Labute approximate surface area is 136 Å². The van der Waals surface area contributed by atoms with Gasteiger partial charge in [-0.05, 0) is 17.9 Å². The molecule has 0 aliphatic carbocycles. The number of nitrogens with zero attached hydrogens (tertiary/aromatic N) is 2. The molecule has 0 bridgehead atoms. The van der Waals surface area contributed by atoms with Gasteiger partial charge in [-0.15, -0.1) is 16.4 Å². The van der Waals surface area contributed by atoms with E-state index in [4.69, 9.17) is 4.42 Å². The molecule has 2 aromatic rings. The molecule has 0 saturated carbocycles. The van der Waals surface area contributed by atoms with Crippen LogP contribution in [0.4, 0.5) is 0 Å². The number of hydrogen-bond donors (Lipinski definition) is 2. The number of thiophene rings is 1. The molecule has 0 saturated heterocycles. The van der Waals surface area contributed by atoms with E-state index < -0.39 is 5.76 Å². The third-order valence-corrected chi connectivity index (χ3v) is 3.77. The summed E-state index contributed by atoms with van der Waals surface area (Å²) in [5, 5.41) is 11.0. The molecule has 2 N–H and O–H groups in total. The van der Waals surface area contributed by atoms with Crippen molar-refractivity contribution in [2.45, 2.75) is 26.3 Å². The molecule has 0 radical (unpaired) electrons. The fraction of sp³-hybridized carbons (Fsp3) is 0.429. The van der Waals surface area contributed by atoms with Gasteiger partial charge in [0.1, 0.15) is 0 Å². The maximum Gasteiger partial charge on any atom is 0.437 e. The molecule has 0 aromatic carbocycles. The van der Waals surface area contributed by atoms with Gasteiger partial charge in [-0.25, -0.2) is 4.79 Å². The number of carbonyl (C=O) groups excluding carboxylic acids is 2. The highest BCUT2D eigenvalue weighted by molar-refractivity contribution is 7.13. The van der Waals surface area contributed by atoms with Crippen LogP contribution >= 0.6 is 11.3 Å². The first-order valence-corrected chi connectivity index (χ1v) is 8.13. The Balaban J connectivity index is 1.81. The standard InChI is InChI=1S/C14H18N4O4S/c1-2-6-15-12(20)9-16-11(19)5-7-18-14(21)22-13(17-18)10-4-3-8-23-10/h3-4,8H,2,5-7,9H2,1H3,(H,15,20)(H,16,19). The third-order valence-electron chi connectivity index (χ3n) is 2.91. The van der Waals surface area contributed by atoms with E-state index in [1.54, 1.807) is 6.07 Å². The lowest BCUT2D eigenvalue weighted by Crippen LogP contribution is -2.37. The topological polar surface area (TPSA) is 106 Å². The number of hydrogen-bond acceptors (Lipinski definition) is 6. The van der Waals surface area contributed by atoms with Crippen LogP contribution in [0.3, 0.4) is 0 Å². The van der Waals surface area contributed by atoms with Crippen LogP contribution in [0.15, 0.2) is 26.7 Å². The molecule has 0 unspecified atom stereocenters. The van der Waals surface area contributed by atoms with Gasteiger partial charge < -0.3 is 15.1 Å². The molecule has 0 spiro atoms. The average Bonchev–Trinajstić information content (AvgIpc) is 3.18. The van der Waals surface area contributed by atoms with Crippen molar-refractivity contribution in [1.29, 1.82) is 0 Å². The molecule has 0 fully saturated rings. The number of rotatable bonds is 8. The molecule has 9 heteroatoms. The second-order valence-corrected chi connectivity index (χ2v) is 5.70. The molecule has 0 aliphatic heterocycles. The first kappa shape index (κ1) is 16.9. The van der Waals surface area contributed by atoms with E-state index in [9.17, 15) is 14.4 Å². The first-order chi connectivity index (χ1) is 11.1. The van der Waals surface area contributed by atoms with Crippen LogP contribution in [-0.2, 0) is 16.1 Å². The molecular formula is C14H18N4O4S. The minimum Gasteiger partial charge on any atom is -0.387 e. The number of amides is 2. The lowest BCUT2D eigenvalue weighted by atomic mass is 10.4. The van der Waals surface area contributed by atoms with Crippen molar-refractivity contribution in [3.8, 4) is 10.8 Å². The maximum atomic E-state index is 11.7. The summed E-state index contributed by atoms with van der Waals surface area (Å²) < 4.78 is 6.15. The van der Waals surface area contributed by atoms with Crippen LogP contribution in [0.5, 0.6) is 0 Å². The minimum atomic E-state index is -0.609. The van der Waals surface area contributed by atoms with Crippen molar-refractivity contribution < 1.29 is 14.0 Å². The van der Waals surface area contributed by atoms with Crippen LogP contribution in [0, 0.1) is 0 Å². The van der Waals surface area contributed by atoms with Crippen molar-refractivity contribution in [1.82, 2.24) is 20.4 Å². The van der Waals surface area contributed by atoms with Crippen LogP contribution < -0.4 is 16.4 Å². The lowest BCUT2D eigenvalue weighted by molar-refractivity contribution is -0.126. The van der Waals surface area contributed by atoms with Gasteiger partial charge in [-0.1, -0.05) is 13.0 Å². The van der Waals surface area contributed by atoms with E-state index in [0.29, 0.717) is 6.54 Å². The molecule has 23 heavy (non-hydrogen) atoms. The molecule has 0 atom stereocenters. The molecule has 2 amide bonds. The second-order valence-electron chi connectivity index (χ2n) is 4.75. The molecule has 0 aliphatic rings. The summed E-state index contributed by atoms with van der Waals surface area (Å²) in [6.07, 6.45) is 0.874. The van der Waals surface area contributed by atoms with Crippen molar-refractivity contribution >= 4 is 23.2 Å². The zero-order chi connectivity index (χ0) is 16.7. The summed E-state index contributed by atoms with van der Waals surface area (Å²) in [7, 11) is 0. The summed E-state index contributed by atoms with van der Waals surface area (Å²) in [5.41, 5.74) is 0. The van der Waals surface area contributed by atoms with E-state index in [1.807, 2.05) is 18.4 Å². The summed E-state index contributed by atoms with van der Waals surface area (Å²) in [6.45, 7) is 2.54. The largest absolute Gasteiger partial charge is 0.437 e. The van der Waals surface area contributed by atoms with Crippen molar-refractivity contribution in [2.24, 2.45) is 0 Å². The van der Waals surface area contributed by atoms with Gasteiger partial charge in [0.05, 0.1) is 18.0 Å². The molecule has 124 valence electrons. The average molecular weight is 338 g/mol. The number of nitrogens with one attached hydrogen (secondary N) is 2. The molecule has 2 rings (SSSR count). The van der Waals surface area contributed by atoms with Crippen LogP contribution in [0.2, 0.25) is 0 Å². The minimum absolute atomic E-state index is 0.0391. The molecular weight excluding hydrogens is 320 g/mol. The van der Waals surface area contributed by atoms with Gasteiger partial charge in [0, 0.05) is 13.0 Å². The lowest BCUT2D eigenvalue weighted by Gasteiger charge is -2.05. The Morgan fingerprint density at radius 2 is 2.17 bits per heavy atom.